The molecule has 0 radical (unpaired) electrons. The average Bonchev–Trinajstić information content (AvgIpc) is 3.15. The van der Waals surface area contributed by atoms with E-state index in [0.717, 1.165) is 0 Å². The van der Waals surface area contributed by atoms with Crippen molar-refractivity contribution in [1.82, 2.24) is 0 Å². The van der Waals surface area contributed by atoms with Crippen molar-refractivity contribution < 1.29 is 19.1 Å². The molecule has 29 heavy (non-hydrogen) atoms. The number of carbonyl (C=O) groups is 1. The predicted molar refractivity (Wildman–Crippen MR) is 118 cm³/mol. The van der Waals surface area contributed by atoms with Crippen molar-refractivity contribution in [2.75, 3.05) is 6.61 Å². The predicted octanol–water partition coefficient (Wildman–Crippen LogP) is 3.19. The van der Waals surface area contributed by atoms with E-state index >= 15 is 0 Å². The standard InChI is InChI=1S/C24H30O4Si/c1-24(2,3)29(19-11-6-4-7-12-19,20-13-8-5-9-14-20)27-18-10-15-21(25)22-16-17-23(26)28-22/h4-9,11-14,16-17,21-22,25H,10,15,18H2,1-3H3/t21-,22+/m0/s1. The lowest BCUT2D eigenvalue weighted by Gasteiger charge is -2.43. The van der Waals surface area contributed by atoms with Crippen molar-refractivity contribution in [2.24, 2.45) is 0 Å². The van der Waals surface area contributed by atoms with Crippen molar-refractivity contribution in [3.05, 3.63) is 72.8 Å². The lowest BCUT2D eigenvalue weighted by molar-refractivity contribution is -0.142. The van der Waals surface area contributed by atoms with Gasteiger partial charge in [0.2, 0.25) is 0 Å². The lowest BCUT2D eigenvalue weighted by atomic mass is 10.1. The maximum absolute atomic E-state index is 11.2. The Morgan fingerprint density at radius 3 is 2.03 bits per heavy atom. The van der Waals surface area contributed by atoms with Gasteiger partial charge >= 0.3 is 5.97 Å². The molecule has 5 heteroatoms. The Bertz CT molecular complexity index is 787. The first-order valence-corrected chi connectivity index (χ1v) is 12.1. The van der Waals surface area contributed by atoms with Gasteiger partial charge in [-0.05, 0) is 34.3 Å². The van der Waals surface area contributed by atoms with Gasteiger partial charge in [-0.15, -0.1) is 0 Å². The Balaban J connectivity index is 1.79. The third-order valence-electron chi connectivity index (χ3n) is 5.43. The third kappa shape index (κ3) is 4.69. The Labute approximate surface area is 174 Å². The fraction of sp³-hybridized carbons (Fsp3) is 0.375. The normalized spacial score (nSPS) is 17.9. The number of rotatable bonds is 8. The largest absolute Gasteiger partial charge is 0.452 e. The Morgan fingerprint density at radius 2 is 1.59 bits per heavy atom. The van der Waals surface area contributed by atoms with Gasteiger partial charge in [-0.1, -0.05) is 81.4 Å². The number of aliphatic hydroxyl groups is 1. The second kappa shape index (κ2) is 9.07. The lowest BCUT2D eigenvalue weighted by Crippen LogP contribution is -2.66. The molecule has 0 spiro atoms. The first kappa shape index (κ1) is 21.5. The van der Waals surface area contributed by atoms with Gasteiger partial charge in [0.1, 0.15) is 6.10 Å². The van der Waals surface area contributed by atoms with Gasteiger partial charge in [0, 0.05) is 12.7 Å². The highest BCUT2D eigenvalue weighted by Gasteiger charge is 2.49. The van der Waals surface area contributed by atoms with Gasteiger partial charge in [0.15, 0.2) is 0 Å². The summed E-state index contributed by atoms with van der Waals surface area (Å²) in [7, 11) is -2.54. The average molecular weight is 411 g/mol. The van der Waals surface area contributed by atoms with Crippen molar-refractivity contribution in [2.45, 2.75) is 50.9 Å². The topological polar surface area (TPSA) is 55.8 Å². The molecule has 2 atom stereocenters. The fourth-order valence-electron chi connectivity index (χ4n) is 4.04. The zero-order valence-corrected chi connectivity index (χ0v) is 18.4. The molecule has 2 aromatic carbocycles. The molecule has 0 saturated heterocycles. The van der Waals surface area contributed by atoms with Gasteiger partial charge in [-0.2, -0.15) is 0 Å². The molecule has 0 aromatic heterocycles. The molecule has 0 saturated carbocycles. The summed E-state index contributed by atoms with van der Waals surface area (Å²) in [4.78, 5) is 11.2. The van der Waals surface area contributed by atoms with Crippen molar-refractivity contribution in [3.63, 3.8) is 0 Å². The maximum Gasteiger partial charge on any atom is 0.331 e. The van der Waals surface area contributed by atoms with E-state index in [9.17, 15) is 9.90 Å². The van der Waals surface area contributed by atoms with Crippen LogP contribution in [0.3, 0.4) is 0 Å². The highest BCUT2D eigenvalue weighted by Crippen LogP contribution is 2.36. The SMILES string of the molecule is CC(C)(C)[Si](OCCC[C@H](O)[C@H]1C=CC(=O)O1)(c1ccccc1)c1ccccc1. The number of aliphatic hydroxyl groups excluding tert-OH is 1. The number of hydrogen-bond acceptors (Lipinski definition) is 4. The first-order valence-electron chi connectivity index (χ1n) is 10.2. The summed E-state index contributed by atoms with van der Waals surface area (Å²) < 4.78 is 11.9. The van der Waals surface area contributed by atoms with E-state index in [2.05, 4.69) is 69.3 Å². The molecule has 1 aliphatic heterocycles. The molecule has 0 fully saturated rings. The van der Waals surface area contributed by atoms with Crippen LogP contribution in [0.2, 0.25) is 5.04 Å². The van der Waals surface area contributed by atoms with E-state index in [1.165, 1.54) is 16.4 Å². The van der Waals surface area contributed by atoms with Gasteiger partial charge in [-0.3, -0.25) is 0 Å². The van der Waals surface area contributed by atoms with Gasteiger partial charge < -0.3 is 14.3 Å². The fourth-order valence-corrected chi connectivity index (χ4v) is 8.64. The van der Waals surface area contributed by atoms with Crippen LogP contribution in [0.15, 0.2) is 72.8 Å². The summed E-state index contributed by atoms with van der Waals surface area (Å²) in [6.07, 6.45) is 2.94. The van der Waals surface area contributed by atoms with Crippen LogP contribution >= 0.6 is 0 Å². The van der Waals surface area contributed by atoms with Crippen LogP contribution < -0.4 is 10.4 Å². The second-order valence-electron chi connectivity index (χ2n) is 8.48. The van der Waals surface area contributed by atoms with Crippen LogP contribution in [-0.4, -0.2) is 38.2 Å². The summed E-state index contributed by atoms with van der Waals surface area (Å²) >= 11 is 0. The van der Waals surface area contributed by atoms with Crippen LogP contribution in [0.25, 0.3) is 0 Å². The van der Waals surface area contributed by atoms with E-state index in [1.807, 2.05) is 12.1 Å². The molecule has 1 N–H and O–H groups in total. The van der Waals surface area contributed by atoms with E-state index in [1.54, 1.807) is 6.08 Å². The number of benzene rings is 2. The quantitative estimate of drug-likeness (QED) is 0.413. The van der Waals surface area contributed by atoms with E-state index in [4.69, 9.17) is 9.16 Å². The summed E-state index contributed by atoms with van der Waals surface area (Å²) in [5.74, 6) is -0.391. The number of ether oxygens (including phenoxy) is 1. The molecule has 2 aromatic rings. The zero-order chi connectivity index (χ0) is 20.9. The van der Waals surface area contributed by atoms with Crippen molar-refractivity contribution in [3.8, 4) is 0 Å². The van der Waals surface area contributed by atoms with Crippen LogP contribution in [-0.2, 0) is 14.0 Å². The minimum atomic E-state index is -2.54. The summed E-state index contributed by atoms with van der Waals surface area (Å²) in [6, 6.07) is 21.0. The minimum Gasteiger partial charge on any atom is -0.452 e. The van der Waals surface area contributed by atoms with Crippen LogP contribution in [0.1, 0.15) is 33.6 Å². The monoisotopic (exact) mass is 410 g/mol. The van der Waals surface area contributed by atoms with Gasteiger partial charge in [0.05, 0.1) is 6.10 Å². The van der Waals surface area contributed by atoms with E-state index in [0.29, 0.717) is 19.4 Å². The molecule has 0 aliphatic carbocycles. The number of carbonyl (C=O) groups excluding carboxylic acids is 1. The minimum absolute atomic E-state index is 0.0714. The number of cyclic esters (lactones) is 1. The second-order valence-corrected chi connectivity index (χ2v) is 12.8. The van der Waals surface area contributed by atoms with Gasteiger partial charge in [0.25, 0.3) is 8.32 Å². The van der Waals surface area contributed by atoms with Crippen LogP contribution in [0.5, 0.6) is 0 Å². The van der Waals surface area contributed by atoms with Crippen molar-refractivity contribution in [1.29, 1.82) is 0 Å². The van der Waals surface area contributed by atoms with Gasteiger partial charge in [-0.25, -0.2) is 4.79 Å². The van der Waals surface area contributed by atoms with E-state index in [-0.39, 0.29) is 5.04 Å². The Hall–Kier alpha value is -2.21. The highest BCUT2D eigenvalue weighted by atomic mass is 28.4. The third-order valence-corrected chi connectivity index (χ3v) is 10.5. The summed E-state index contributed by atoms with van der Waals surface area (Å²) in [5.41, 5.74) is 0. The molecule has 3 rings (SSSR count). The summed E-state index contributed by atoms with van der Waals surface area (Å²) in [5, 5.41) is 12.7. The summed E-state index contributed by atoms with van der Waals surface area (Å²) in [6.45, 7) is 7.28. The molecule has 1 aliphatic rings. The molecule has 0 amide bonds. The maximum atomic E-state index is 11.2. The van der Waals surface area contributed by atoms with E-state index < -0.39 is 26.5 Å². The molecule has 154 valence electrons. The first-order chi connectivity index (χ1) is 13.8. The zero-order valence-electron chi connectivity index (χ0n) is 17.4. The smallest absolute Gasteiger partial charge is 0.331 e. The Kier molecular flexibility index (Phi) is 6.73. The molecule has 1 heterocycles. The van der Waals surface area contributed by atoms with Crippen LogP contribution in [0, 0.1) is 0 Å². The molecule has 0 unspecified atom stereocenters. The molecular weight excluding hydrogens is 380 g/mol. The molecule has 0 bridgehead atoms. The van der Waals surface area contributed by atoms with Crippen molar-refractivity contribution >= 4 is 24.7 Å². The number of esters is 1. The molecular formula is C24H30O4Si. The molecule has 4 nitrogen and oxygen atoms in total. The highest BCUT2D eigenvalue weighted by molar-refractivity contribution is 6.99. The Morgan fingerprint density at radius 1 is 1.03 bits per heavy atom. The van der Waals surface area contributed by atoms with Crippen LogP contribution in [0.4, 0.5) is 0 Å². The number of hydrogen-bond donors (Lipinski definition) is 1.